The molecule has 0 saturated carbocycles. The van der Waals surface area contributed by atoms with E-state index in [1.165, 1.54) is 0 Å². The zero-order valence-corrected chi connectivity index (χ0v) is 7.49. The first-order chi connectivity index (χ1) is 6.26. The number of aldehydes is 1. The summed E-state index contributed by atoms with van der Waals surface area (Å²) < 4.78 is 0. The monoisotopic (exact) mass is 177 g/mol. The number of hydrogen-bond donors (Lipinski definition) is 0. The van der Waals surface area contributed by atoms with Crippen LogP contribution in [-0.4, -0.2) is 6.29 Å². The maximum Gasteiger partial charge on any atom is 0.124 e. The third-order valence-corrected chi connectivity index (χ3v) is 1.76. The average molecular weight is 177 g/mol. The van der Waals surface area contributed by atoms with Crippen molar-refractivity contribution in [3.63, 3.8) is 0 Å². The van der Waals surface area contributed by atoms with Crippen molar-refractivity contribution in [1.29, 1.82) is 0 Å². The minimum absolute atomic E-state index is 0.174. The van der Waals surface area contributed by atoms with Crippen LogP contribution in [0.25, 0.3) is 0 Å². The summed E-state index contributed by atoms with van der Waals surface area (Å²) in [4.78, 5) is 20.3. The fourth-order valence-electron chi connectivity index (χ4n) is 1.33. The van der Waals surface area contributed by atoms with E-state index in [1.54, 1.807) is 0 Å². The Morgan fingerprint density at radius 2 is 2.00 bits per heavy atom. The number of nitrogens with zero attached hydrogens (tertiary/aromatic N) is 1. The average Bonchev–Trinajstić information content (AvgIpc) is 2.04. The highest BCUT2D eigenvalue weighted by molar-refractivity contribution is 5.55. The molecule has 0 aliphatic rings. The number of hydrogen-bond acceptors (Lipinski definition) is 3. The molecule has 0 atom stereocenters. The fourth-order valence-corrected chi connectivity index (χ4v) is 1.33. The Hall–Kier alpha value is -1.51. The van der Waals surface area contributed by atoms with Crippen molar-refractivity contribution in [1.82, 2.24) is 0 Å². The Kier molecular flexibility index (Phi) is 3.31. The molecule has 0 amide bonds. The van der Waals surface area contributed by atoms with E-state index < -0.39 is 0 Å². The lowest BCUT2D eigenvalue weighted by Gasteiger charge is -2.01. The van der Waals surface area contributed by atoms with Gasteiger partial charge in [-0.25, -0.2) is 0 Å². The predicted molar refractivity (Wildman–Crippen MR) is 50.4 cm³/mol. The SMILES string of the molecule is Cc1cc(CC=O)cc(CN=O)c1. The lowest BCUT2D eigenvalue weighted by molar-refractivity contribution is -0.107. The van der Waals surface area contributed by atoms with Gasteiger partial charge >= 0.3 is 0 Å². The first-order valence-electron chi connectivity index (χ1n) is 4.08. The number of carbonyl (C=O) groups is 1. The molecule has 0 saturated heterocycles. The minimum atomic E-state index is 0.174. The molecular weight excluding hydrogens is 166 g/mol. The molecule has 1 rings (SSSR count). The number of rotatable bonds is 4. The maximum absolute atomic E-state index is 10.3. The topological polar surface area (TPSA) is 46.5 Å². The summed E-state index contributed by atoms with van der Waals surface area (Å²) >= 11 is 0. The lowest BCUT2D eigenvalue weighted by Crippen LogP contribution is -1.90. The lowest BCUT2D eigenvalue weighted by atomic mass is 10.0. The van der Waals surface area contributed by atoms with Crippen molar-refractivity contribution in [2.45, 2.75) is 19.9 Å². The van der Waals surface area contributed by atoms with Crippen LogP contribution >= 0.6 is 0 Å². The quantitative estimate of drug-likeness (QED) is 0.521. The van der Waals surface area contributed by atoms with Gasteiger partial charge in [0, 0.05) is 6.42 Å². The number of carbonyl (C=O) groups excluding carboxylic acids is 1. The molecule has 0 spiro atoms. The second-order valence-electron chi connectivity index (χ2n) is 2.98. The van der Waals surface area contributed by atoms with E-state index in [0.717, 1.165) is 23.0 Å². The van der Waals surface area contributed by atoms with Crippen LogP contribution < -0.4 is 0 Å². The fraction of sp³-hybridized carbons (Fsp3) is 0.300. The van der Waals surface area contributed by atoms with Gasteiger partial charge in [0.1, 0.15) is 12.8 Å². The van der Waals surface area contributed by atoms with Gasteiger partial charge in [0.05, 0.1) is 0 Å². The molecule has 0 N–H and O–H groups in total. The minimum Gasteiger partial charge on any atom is -0.303 e. The normalized spacial score (nSPS) is 9.62. The highest BCUT2D eigenvalue weighted by atomic mass is 16.3. The van der Waals surface area contributed by atoms with Gasteiger partial charge in [-0.3, -0.25) is 0 Å². The van der Waals surface area contributed by atoms with Crippen molar-refractivity contribution >= 4 is 6.29 Å². The molecule has 0 aliphatic heterocycles. The van der Waals surface area contributed by atoms with Gasteiger partial charge in [-0.2, -0.15) is 4.91 Å². The molecule has 0 fully saturated rings. The molecule has 1 aromatic rings. The van der Waals surface area contributed by atoms with Crippen molar-refractivity contribution in [3.05, 3.63) is 39.8 Å². The Labute approximate surface area is 76.7 Å². The van der Waals surface area contributed by atoms with Crippen LogP contribution in [0.2, 0.25) is 0 Å². The van der Waals surface area contributed by atoms with Crippen LogP contribution in [0.15, 0.2) is 23.4 Å². The molecule has 0 aromatic heterocycles. The van der Waals surface area contributed by atoms with Gasteiger partial charge in [-0.05, 0) is 18.1 Å². The Morgan fingerprint density at radius 3 is 2.62 bits per heavy atom. The van der Waals surface area contributed by atoms with Crippen LogP contribution in [0.5, 0.6) is 0 Å². The summed E-state index contributed by atoms with van der Waals surface area (Å²) in [6, 6.07) is 5.67. The molecular formula is C10H11NO2. The highest BCUT2D eigenvalue weighted by Crippen LogP contribution is 2.10. The van der Waals surface area contributed by atoms with Crippen LogP contribution in [0.1, 0.15) is 16.7 Å². The van der Waals surface area contributed by atoms with Gasteiger partial charge in [0.25, 0.3) is 0 Å². The van der Waals surface area contributed by atoms with Gasteiger partial charge in [0.15, 0.2) is 0 Å². The molecule has 68 valence electrons. The second kappa shape index (κ2) is 4.50. The van der Waals surface area contributed by atoms with Gasteiger partial charge in [0.2, 0.25) is 0 Å². The first-order valence-corrected chi connectivity index (χ1v) is 4.08. The van der Waals surface area contributed by atoms with Crippen LogP contribution in [0, 0.1) is 11.8 Å². The van der Waals surface area contributed by atoms with E-state index in [1.807, 2.05) is 25.1 Å². The Morgan fingerprint density at radius 1 is 1.31 bits per heavy atom. The van der Waals surface area contributed by atoms with E-state index in [-0.39, 0.29) is 6.54 Å². The third-order valence-electron chi connectivity index (χ3n) is 1.76. The van der Waals surface area contributed by atoms with E-state index in [2.05, 4.69) is 5.18 Å². The molecule has 0 unspecified atom stereocenters. The number of aryl methyl sites for hydroxylation is 1. The molecule has 0 radical (unpaired) electrons. The van der Waals surface area contributed by atoms with Gasteiger partial charge < -0.3 is 4.79 Å². The Bertz CT molecular complexity index is 292. The molecule has 3 nitrogen and oxygen atoms in total. The summed E-state index contributed by atoms with van der Waals surface area (Å²) in [6.45, 7) is 2.11. The molecule has 3 heteroatoms. The summed E-state index contributed by atoms with van der Waals surface area (Å²) in [5, 5.41) is 2.81. The maximum atomic E-state index is 10.3. The number of benzene rings is 1. The Balaban J connectivity index is 2.95. The van der Waals surface area contributed by atoms with E-state index in [4.69, 9.17) is 0 Å². The zero-order chi connectivity index (χ0) is 9.68. The molecule has 0 aliphatic carbocycles. The van der Waals surface area contributed by atoms with Crippen molar-refractivity contribution < 1.29 is 4.79 Å². The standard InChI is InChI=1S/C10H11NO2/c1-8-4-9(2-3-12)6-10(5-8)7-11-13/h3-6H,2,7H2,1H3. The molecule has 13 heavy (non-hydrogen) atoms. The van der Waals surface area contributed by atoms with E-state index in [9.17, 15) is 9.70 Å². The molecule has 0 heterocycles. The molecule has 1 aromatic carbocycles. The first kappa shape index (κ1) is 9.58. The molecule has 0 bridgehead atoms. The zero-order valence-electron chi connectivity index (χ0n) is 7.49. The summed E-state index contributed by atoms with van der Waals surface area (Å²) in [6.07, 6.45) is 1.25. The van der Waals surface area contributed by atoms with E-state index in [0.29, 0.717) is 6.42 Å². The summed E-state index contributed by atoms with van der Waals surface area (Å²) in [5.74, 6) is 0. The highest BCUT2D eigenvalue weighted by Gasteiger charge is 1.98. The van der Waals surface area contributed by atoms with Crippen molar-refractivity contribution in [2.75, 3.05) is 0 Å². The second-order valence-corrected chi connectivity index (χ2v) is 2.98. The van der Waals surface area contributed by atoms with Gasteiger partial charge in [-0.1, -0.05) is 28.9 Å². The van der Waals surface area contributed by atoms with Gasteiger partial charge in [-0.15, -0.1) is 0 Å². The van der Waals surface area contributed by atoms with Crippen molar-refractivity contribution in [3.8, 4) is 0 Å². The largest absolute Gasteiger partial charge is 0.303 e. The predicted octanol–water partition coefficient (Wildman–Crippen LogP) is 2.00. The van der Waals surface area contributed by atoms with Crippen LogP contribution in [-0.2, 0) is 17.8 Å². The van der Waals surface area contributed by atoms with Crippen molar-refractivity contribution in [2.24, 2.45) is 5.18 Å². The third kappa shape index (κ3) is 2.78. The summed E-state index contributed by atoms with van der Waals surface area (Å²) in [5.41, 5.74) is 2.86. The van der Waals surface area contributed by atoms with E-state index >= 15 is 0 Å². The number of nitroso groups, excluding NO2 is 1. The van der Waals surface area contributed by atoms with Crippen LogP contribution in [0.4, 0.5) is 0 Å². The van der Waals surface area contributed by atoms with Crippen LogP contribution in [0.3, 0.4) is 0 Å². The summed E-state index contributed by atoms with van der Waals surface area (Å²) in [7, 11) is 0. The smallest absolute Gasteiger partial charge is 0.124 e.